The van der Waals surface area contributed by atoms with Gasteiger partial charge in [-0.1, -0.05) is 35.9 Å². The van der Waals surface area contributed by atoms with Gasteiger partial charge in [0.15, 0.2) is 0 Å². The zero-order valence-electron chi connectivity index (χ0n) is 21.4. The SMILES string of the molecule is COc1ccc(C2C3=CCC4C(=O)N(C(N)=O)C(=O)C4C3CC3C(=O)N(c4ccccc4)C(=O)C32C)c(O)c1. The normalized spacial score (nSPS) is 31.5. The van der Waals surface area contributed by atoms with Gasteiger partial charge in [0.25, 0.3) is 0 Å². The lowest BCUT2D eigenvalue weighted by atomic mass is 9.51. The first-order chi connectivity index (χ1) is 18.6. The number of aromatic hydroxyl groups is 1. The fraction of sp³-hybridized carbons (Fsp3) is 0.345. The maximum Gasteiger partial charge on any atom is 0.328 e. The number of imide groups is 4. The summed E-state index contributed by atoms with van der Waals surface area (Å²) in [5, 5.41) is 11.1. The number of carbonyl (C=O) groups excluding carboxylic acids is 5. The van der Waals surface area contributed by atoms with Crippen molar-refractivity contribution < 1.29 is 33.8 Å². The quantitative estimate of drug-likeness (QED) is 0.459. The molecular weight excluding hydrogens is 502 g/mol. The molecule has 2 aliphatic heterocycles. The standard InChI is InChI=1S/C29H27N3O7/c1-29-20(25(35)31(27(29)37)14-6-4-3-5-7-14)13-19-16(23(29)17-9-8-15(39-2)12-21(17)33)10-11-18-22(19)26(36)32(24(18)34)28(30)38/h3-10,12,18-20,22-23,33H,11,13H2,1-2H3,(H2,30,38). The molecular formula is C29H27N3O7. The predicted molar refractivity (Wildman–Crippen MR) is 137 cm³/mol. The number of rotatable bonds is 3. The van der Waals surface area contributed by atoms with E-state index in [1.54, 1.807) is 49.4 Å². The largest absolute Gasteiger partial charge is 0.508 e. The number of phenolic OH excluding ortho intramolecular Hbond substituents is 1. The van der Waals surface area contributed by atoms with Gasteiger partial charge in [0.1, 0.15) is 11.5 Å². The van der Waals surface area contributed by atoms with Crippen molar-refractivity contribution in [3.8, 4) is 11.5 Å². The van der Waals surface area contributed by atoms with E-state index in [2.05, 4.69) is 0 Å². The molecule has 6 atom stereocenters. The maximum atomic E-state index is 14.2. The Labute approximate surface area is 224 Å². The first-order valence-electron chi connectivity index (χ1n) is 12.8. The van der Waals surface area contributed by atoms with E-state index in [4.69, 9.17) is 10.5 Å². The number of primary amides is 1. The molecule has 6 unspecified atom stereocenters. The Bertz CT molecular complexity index is 1480. The second-order valence-electron chi connectivity index (χ2n) is 10.8. The summed E-state index contributed by atoms with van der Waals surface area (Å²) in [5.74, 6) is -5.76. The van der Waals surface area contributed by atoms with Crippen LogP contribution < -0.4 is 15.4 Å². The summed E-state index contributed by atoms with van der Waals surface area (Å²) in [6, 6.07) is 12.3. The highest BCUT2D eigenvalue weighted by molar-refractivity contribution is 6.24. The van der Waals surface area contributed by atoms with Crippen molar-refractivity contribution >= 4 is 35.3 Å². The molecule has 4 aliphatic rings. The lowest BCUT2D eigenvalue weighted by molar-refractivity contribution is -0.136. The molecule has 0 spiro atoms. The van der Waals surface area contributed by atoms with Crippen molar-refractivity contribution in [2.24, 2.45) is 34.8 Å². The van der Waals surface area contributed by atoms with E-state index in [9.17, 15) is 29.1 Å². The smallest absolute Gasteiger partial charge is 0.328 e. The molecule has 2 aliphatic carbocycles. The minimum atomic E-state index is -1.29. The minimum absolute atomic E-state index is 0.117. The minimum Gasteiger partial charge on any atom is -0.508 e. The summed E-state index contributed by atoms with van der Waals surface area (Å²) in [5.41, 5.74) is 5.63. The number of fused-ring (bicyclic) bond motifs is 4. The summed E-state index contributed by atoms with van der Waals surface area (Å²) in [6.07, 6.45) is 2.14. The van der Waals surface area contributed by atoms with Gasteiger partial charge in [0.05, 0.1) is 36.0 Å². The molecule has 39 heavy (non-hydrogen) atoms. The molecule has 2 aromatic rings. The first-order valence-corrected chi connectivity index (χ1v) is 12.8. The van der Waals surface area contributed by atoms with E-state index in [1.165, 1.54) is 18.1 Å². The van der Waals surface area contributed by atoms with Gasteiger partial charge >= 0.3 is 6.03 Å². The Hall–Kier alpha value is -4.47. The molecule has 3 N–H and O–H groups in total. The van der Waals surface area contributed by atoms with Crippen LogP contribution in [0, 0.1) is 29.1 Å². The van der Waals surface area contributed by atoms with Crippen molar-refractivity contribution in [1.82, 2.24) is 4.90 Å². The Balaban J connectivity index is 1.54. The fourth-order valence-corrected chi connectivity index (χ4v) is 7.29. The molecule has 1 saturated carbocycles. The zero-order chi connectivity index (χ0) is 27.8. The Morgan fingerprint density at radius 2 is 1.74 bits per heavy atom. The number of amides is 6. The van der Waals surface area contributed by atoms with Gasteiger partial charge in [0.2, 0.25) is 23.6 Å². The van der Waals surface area contributed by atoms with Gasteiger partial charge in [-0.15, -0.1) is 0 Å². The molecule has 0 bridgehead atoms. The first kappa shape index (κ1) is 24.8. The zero-order valence-corrected chi connectivity index (χ0v) is 21.4. The molecule has 0 aromatic heterocycles. The van der Waals surface area contributed by atoms with E-state index in [0.29, 0.717) is 27.5 Å². The number of allylic oxidation sites excluding steroid dienone is 2. The van der Waals surface area contributed by atoms with Gasteiger partial charge < -0.3 is 15.6 Å². The molecule has 2 saturated heterocycles. The van der Waals surface area contributed by atoms with Gasteiger partial charge in [-0.2, -0.15) is 4.90 Å². The Kier molecular flexibility index (Phi) is 5.43. The highest BCUT2D eigenvalue weighted by Crippen LogP contribution is 2.64. The maximum absolute atomic E-state index is 14.2. The van der Waals surface area contributed by atoms with E-state index in [0.717, 1.165) is 0 Å². The number of phenols is 1. The van der Waals surface area contributed by atoms with Crippen molar-refractivity contribution in [1.29, 1.82) is 0 Å². The molecule has 10 nitrogen and oxygen atoms in total. The number of likely N-dealkylation sites (tertiary alicyclic amines) is 1. The predicted octanol–water partition coefficient (Wildman–Crippen LogP) is 2.71. The molecule has 200 valence electrons. The fourth-order valence-electron chi connectivity index (χ4n) is 7.29. The number of benzene rings is 2. The Morgan fingerprint density at radius 3 is 2.38 bits per heavy atom. The van der Waals surface area contributed by atoms with Crippen LogP contribution in [0.4, 0.5) is 10.5 Å². The van der Waals surface area contributed by atoms with Crippen LogP contribution in [-0.4, -0.2) is 46.8 Å². The van der Waals surface area contributed by atoms with Crippen LogP contribution in [0.3, 0.4) is 0 Å². The number of carbonyl (C=O) groups is 5. The van der Waals surface area contributed by atoms with Crippen LogP contribution in [0.1, 0.15) is 31.2 Å². The number of methoxy groups -OCH3 is 1. The van der Waals surface area contributed by atoms with Gasteiger partial charge in [-0.05, 0) is 43.9 Å². The third-order valence-corrected chi connectivity index (χ3v) is 9.06. The van der Waals surface area contributed by atoms with Crippen LogP contribution in [0.5, 0.6) is 11.5 Å². The van der Waals surface area contributed by atoms with E-state index >= 15 is 0 Å². The number of hydrogen-bond acceptors (Lipinski definition) is 7. The van der Waals surface area contributed by atoms with Crippen LogP contribution in [0.15, 0.2) is 60.2 Å². The summed E-state index contributed by atoms with van der Waals surface area (Å²) in [6.45, 7) is 1.73. The average Bonchev–Trinajstić information content (AvgIpc) is 3.29. The van der Waals surface area contributed by atoms with Crippen LogP contribution in [0.2, 0.25) is 0 Å². The summed E-state index contributed by atoms with van der Waals surface area (Å²) < 4.78 is 5.25. The van der Waals surface area contributed by atoms with E-state index < -0.39 is 64.7 Å². The number of nitrogens with two attached hydrogens (primary N) is 1. The van der Waals surface area contributed by atoms with E-state index in [-0.39, 0.29) is 18.6 Å². The van der Waals surface area contributed by atoms with Gasteiger partial charge in [-0.3, -0.25) is 19.2 Å². The number of anilines is 1. The van der Waals surface area contributed by atoms with Crippen LogP contribution >= 0.6 is 0 Å². The molecule has 2 heterocycles. The van der Waals surface area contributed by atoms with Crippen molar-refractivity contribution in [3.63, 3.8) is 0 Å². The molecule has 0 radical (unpaired) electrons. The van der Waals surface area contributed by atoms with Crippen molar-refractivity contribution in [2.45, 2.75) is 25.7 Å². The molecule has 10 heteroatoms. The molecule has 6 rings (SSSR count). The lowest BCUT2D eigenvalue weighted by Crippen LogP contribution is -2.49. The third kappa shape index (κ3) is 3.23. The number of para-hydroxylation sites is 1. The molecule has 2 aromatic carbocycles. The number of urea groups is 1. The van der Waals surface area contributed by atoms with Crippen molar-refractivity contribution in [2.75, 3.05) is 12.0 Å². The number of ether oxygens (including phenoxy) is 1. The third-order valence-electron chi connectivity index (χ3n) is 9.06. The van der Waals surface area contributed by atoms with E-state index in [1.807, 2.05) is 6.08 Å². The van der Waals surface area contributed by atoms with Gasteiger partial charge in [-0.25, -0.2) is 9.69 Å². The second kappa shape index (κ2) is 8.52. The summed E-state index contributed by atoms with van der Waals surface area (Å²) in [4.78, 5) is 68.2. The van der Waals surface area contributed by atoms with Crippen LogP contribution in [-0.2, 0) is 19.2 Å². The highest BCUT2D eigenvalue weighted by atomic mass is 16.5. The summed E-state index contributed by atoms with van der Waals surface area (Å²) >= 11 is 0. The second-order valence-corrected chi connectivity index (χ2v) is 10.8. The molecule has 3 fully saturated rings. The van der Waals surface area contributed by atoms with Crippen molar-refractivity contribution in [3.05, 3.63) is 65.7 Å². The molecule has 6 amide bonds. The number of hydrogen-bond donors (Lipinski definition) is 2. The lowest BCUT2D eigenvalue weighted by Gasteiger charge is -2.49. The highest BCUT2D eigenvalue weighted by Gasteiger charge is 2.68. The van der Waals surface area contributed by atoms with Gasteiger partial charge in [0, 0.05) is 17.5 Å². The van der Waals surface area contributed by atoms with Crippen LogP contribution in [0.25, 0.3) is 0 Å². The monoisotopic (exact) mass is 529 g/mol. The summed E-state index contributed by atoms with van der Waals surface area (Å²) in [7, 11) is 1.47. The topological polar surface area (TPSA) is 147 Å². The Morgan fingerprint density at radius 1 is 1.03 bits per heavy atom. The average molecular weight is 530 g/mol. The number of nitrogens with zero attached hydrogens (tertiary/aromatic N) is 2.